The molecular formula is C8H15ClN4O. The van der Waals surface area contributed by atoms with E-state index >= 15 is 0 Å². The highest BCUT2D eigenvalue weighted by Gasteiger charge is 2.16. The third kappa shape index (κ3) is 2.65. The van der Waals surface area contributed by atoms with Crippen LogP contribution in [0.15, 0.2) is 0 Å². The van der Waals surface area contributed by atoms with Crippen molar-refractivity contribution in [2.45, 2.75) is 31.7 Å². The first-order valence-corrected chi connectivity index (χ1v) is 5.01. The Morgan fingerprint density at radius 3 is 2.79 bits per heavy atom. The Morgan fingerprint density at radius 2 is 2.21 bits per heavy atom. The number of hydrogen-bond donors (Lipinski definition) is 0. The highest BCUT2D eigenvalue weighted by molar-refractivity contribution is 6.20. The van der Waals surface area contributed by atoms with Crippen LogP contribution < -0.4 is 0 Å². The first-order valence-electron chi connectivity index (χ1n) is 4.57. The van der Waals surface area contributed by atoms with E-state index in [1.807, 2.05) is 13.8 Å². The third-order valence-electron chi connectivity index (χ3n) is 2.03. The summed E-state index contributed by atoms with van der Waals surface area (Å²) in [5.41, 5.74) is 0. The third-order valence-corrected chi connectivity index (χ3v) is 2.23. The van der Waals surface area contributed by atoms with Crippen molar-refractivity contribution in [3.05, 3.63) is 5.82 Å². The summed E-state index contributed by atoms with van der Waals surface area (Å²) < 4.78 is 6.74. The molecule has 0 saturated heterocycles. The van der Waals surface area contributed by atoms with Crippen LogP contribution in [0, 0.1) is 0 Å². The van der Waals surface area contributed by atoms with E-state index in [1.54, 1.807) is 11.8 Å². The predicted octanol–water partition coefficient (Wildman–Crippen LogP) is 1.57. The van der Waals surface area contributed by atoms with Crippen LogP contribution >= 0.6 is 11.6 Å². The van der Waals surface area contributed by atoms with Crippen molar-refractivity contribution in [1.82, 2.24) is 20.2 Å². The molecular weight excluding hydrogens is 204 g/mol. The van der Waals surface area contributed by atoms with Gasteiger partial charge in [-0.3, -0.25) is 0 Å². The smallest absolute Gasteiger partial charge is 0.169 e. The standard InChI is InChI=1S/C8H15ClN4O/c1-6(4-5-14-3)13-8(7(2)9)10-11-12-13/h6-7H,4-5H2,1-3H3. The SMILES string of the molecule is COCCC(C)n1nnnc1C(C)Cl. The topological polar surface area (TPSA) is 52.8 Å². The fourth-order valence-corrected chi connectivity index (χ4v) is 1.33. The van der Waals surface area contributed by atoms with E-state index in [-0.39, 0.29) is 11.4 Å². The minimum atomic E-state index is -0.171. The summed E-state index contributed by atoms with van der Waals surface area (Å²) in [5.74, 6) is 0.704. The van der Waals surface area contributed by atoms with Gasteiger partial charge in [0.1, 0.15) is 0 Å². The summed E-state index contributed by atoms with van der Waals surface area (Å²) >= 11 is 5.93. The molecule has 0 N–H and O–H groups in total. The van der Waals surface area contributed by atoms with Gasteiger partial charge >= 0.3 is 0 Å². The second kappa shape index (κ2) is 5.26. The molecule has 80 valence electrons. The van der Waals surface area contributed by atoms with Gasteiger partial charge in [0.25, 0.3) is 0 Å². The lowest BCUT2D eigenvalue weighted by molar-refractivity contribution is 0.177. The molecule has 0 bridgehead atoms. The van der Waals surface area contributed by atoms with Gasteiger partial charge in [-0.1, -0.05) is 0 Å². The molecule has 0 spiro atoms. The highest BCUT2D eigenvalue weighted by Crippen LogP contribution is 2.19. The van der Waals surface area contributed by atoms with Gasteiger partial charge in [-0.25, -0.2) is 4.68 Å². The maximum atomic E-state index is 5.93. The zero-order chi connectivity index (χ0) is 10.6. The molecule has 5 nitrogen and oxygen atoms in total. The Labute approximate surface area is 88.4 Å². The van der Waals surface area contributed by atoms with E-state index in [0.717, 1.165) is 6.42 Å². The van der Waals surface area contributed by atoms with Crippen molar-refractivity contribution in [2.75, 3.05) is 13.7 Å². The molecule has 0 aromatic carbocycles. The second-order valence-electron chi connectivity index (χ2n) is 3.23. The summed E-state index contributed by atoms with van der Waals surface area (Å²) in [6.45, 7) is 4.59. The summed E-state index contributed by atoms with van der Waals surface area (Å²) in [7, 11) is 1.68. The maximum Gasteiger partial charge on any atom is 0.169 e. The van der Waals surface area contributed by atoms with Crippen LogP contribution in [0.25, 0.3) is 0 Å². The Hall–Kier alpha value is -0.680. The molecule has 0 aliphatic rings. The van der Waals surface area contributed by atoms with Crippen molar-refractivity contribution in [2.24, 2.45) is 0 Å². The number of nitrogens with zero attached hydrogens (tertiary/aromatic N) is 4. The molecule has 2 unspecified atom stereocenters. The number of ether oxygens (including phenoxy) is 1. The molecule has 0 aliphatic heterocycles. The Morgan fingerprint density at radius 1 is 1.50 bits per heavy atom. The predicted molar refractivity (Wildman–Crippen MR) is 53.3 cm³/mol. The molecule has 1 rings (SSSR count). The number of aromatic nitrogens is 4. The molecule has 1 aromatic rings. The van der Waals surface area contributed by atoms with Crippen molar-refractivity contribution in [3.8, 4) is 0 Å². The van der Waals surface area contributed by atoms with Crippen LogP contribution in [0.5, 0.6) is 0 Å². The number of rotatable bonds is 5. The molecule has 14 heavy (non-hydrogen) atoms. The molecule has 0 fully saturated rings. The lowest BCUT2D eigenvalue weighted by atomic mass is 10.2. The monoisotopic (exact) mass is 218 g/mol. The first-order chi connectivity index (χ1) is 6.66. The lowest BCUT2D eigenvalue weighted by Crippen LogP contribution is -2.13. The zero-order valence-corrected chi connectivity index (χ0v) is 9.40. The maximum absolute atomic E-state index is 5.93. The van der Waals surface area contributed by atoms with Crippen LogP contribution in [-0.4, -0.2) is 33.9 Å². The quantitative estimate of drug-likeness (QED) is 0.704. The van der Waals surface area contributed by atoms with Crippen molar-refractivity contribution < 1.29 is 4.74 Å². The van der Waals surface area contributed by atoms with Crippen LogP contribution in [0.3, 0.4) is 0 Å². The summed E-state index contributed by atoms with van der Waals surface area (Å²) in [4.78, 5) is 0. The van der Waals surface area contributed by atoms with Gasteiger partial charge < -0.3 is 4.74 Å². The fraction of sp³-hybridized carbons (Fsp3) is 0.875. The summed E-state index contributed by atoms with van der Waals surface area (Å²) in [6.07, 6.45) is 0.873. The minimum Gasteiger partial charge on any atom is -0.385 e. The van der Waals surface area contributed by atoms with E-state index in [0.29, 0.717) is 12.4 Å². The Balaban J connectivity index is 2.68. The number of alkyl halides is 1. The van der Waals surface area contributed by atoms with E-state index in [2.05, 4.69) is 15.5 Å². The number of methoxy groups -OCH3 is 1. The molecule has 6 heteroatoms. The number of hydrogen-bond acceptors (Lipinski definition) is 4. The first kappa shape index (κ1) is 11.4. The molecule has 0 radical (unpaired) electrons. The Kier molecular flexibility index (Phi) is 4.28. The molecule has 1 heterocycles. The van der Waals surface area contributed by atoms with Crippen LogP contribution in [-0.2, 0) is 4.74 Å². The van der Waals surface area contributed by atoms with Crippen molar-refractivity contribution in [3.63, 3.8) is 0 Å². The Bertz CT molecular complexity index is 276. The van der Waals surface area contributed by atoms with E-state index < -0.39 is 0 Å². The molecule has 2 atom stereocenters. The van der Waals surface area contributed by atoms with Gasteiger partial charge in [-0.05, 0) is 30.7 Å². The molecule has 0 saturated carbocycles. The largest absolute Gasteiger partial charge is 0.385 e. The average Bonchev–Trinajstić information content (AvgIpc) is 2.62. The second-order valence-corrected chi connectivity index (χ2v) is 3.88. The van der Waals surface area contributed by atoms with Crippen LogP contribution in [0.1, 0.15) is 37.5 Å². The van der Waals surface area contributed by atoms with Gasteiger partial charge in [0.2, 0.25) is 0 Å². The van der Waals surface area contributed by atoms with Gasteiger partial charge in [-0.15, -0.1) is 16.7 Å². The van der Waals surface area contributed by atoms with Crippen molar-refractivity contribution in [1.29, 1.82) is 0 Å². The summed E-state index contributed by atoms with van der Waals surface area (Å²) in [6, 6.07) is 0.209. The summed E-state index contributed by atoms with van der Waals surface area (Å²) in [5, 5.41) is 11.2. The highest BCUT2D eigenvalue weighted by atomic mass is 35.5. The van der Waals surface area contributed by atoms with E-state index in [9.17, 15) is 0 Å². The lowest BCUT2D eigenvalue weighted by Gasteiger charge is -2.13. The molecule has 0 amide bonds. The number of halogens is 1. The van der Waals surface area contributed by atoms with E-state index in [4.69, 9.17) is 16.3 Å². The average molecular weight is 219 g/mol. The minimum absolute atomic E-state index is 0.171. The van der Waals surface area contributed by atoms with Gasteiger partial charge in [0, 0.05) is 13.7 Å². The van der Waals surface area contributed by atoms with Crippen LogP contribution in [0.2, 0.25) is 0 Å². The van der Waals surface area contributed by atoms with E-state index in [1.165, 1.54) is 0 Å². The van der Waals surface area contributed by atoms with Crippen LogP contribution in [0.4, 0.5) is 0 Å². The normalized spacial score (nSPS) is 15.4. The fourth-order valence-electron chi connectivity index (χ4n) is 1.19. The van der Waals surface area contributed by atoms with Crippen molar-refractivity contribution >= 4 is 11.6 Å². The van der Waals surface area contributed by atoms with Gasteiger partial charge in [0.05, 0.1) is 11.4 Å². The molecule has 1 aromatic heterocycles. The number of tetrazole rings is 1. The van der Waals surface area contributed by atoms with Gasteiger partial charge in [-0.2, -0.15) is 0 Å². The molecule has 0 aliphatic carbocycles. The van der Waals surface area contributed by atoms with Gasteiger partial charge in [0.15, 0.2) is 5.82 Å². The zero-order valence-electron chi connectivity index (χ0n) is 8.64.